The molecule has 0 spiro atoms. The van der Waals surface area contributed by atoms with Crippen LogP contribution in [0, 0.1) is 0 Å². The number of hydrogen-bond acceptors (Lipinski definition) is 4. The van der Waals surface area contributed by atoms with E-state index in [0.29, 0.717) is 18.9 Å². The number of amides is 1. The van der Waals surface area contributed by atoms with Gasteiger partial charge in [0, 0.05) is 26.5 Å². The summed E-state index contributed by atoms with van der Waals surface area (Å²) < 4.78 is 4.86. The Morgan fingerprint density at radius 3 is 2.79 bits per heavy atom. The van der Waals surface area contributed by atoms with Gasteiger partial charge in [0.25, 0.3) is 0 Å². The Morgan fingerprint density at radius 1 is 1.64 bits per heavy atom. The van der Waals surface area contributed by atoms with Crippen LogP contribution >= 0.6 is 11.8 Å². The molecular formula is C9H19NO3S. The number of hydrogen-bond donors (Lipinski definition) is 1. The summed E-state index contributed by atoms with van der Waals surface area (Å²) in [6, 6.07) is 0. The molecule has 0 aromatic rings. The summed E-state index contributed by atoms with van der Waals surface area (Å²) >= 11 is 1.54. The molecule has 0 heterocycles. The van der Waals surface area contributed by atoms with E-state index in [0.717, 1.165) is 5.75 Å². The minimum atomic E-state index is -0.465. The molecule has 0 radical (unpaired) electrons. The standard InChI is InChI=1S/C9H19NO3S/c1-8(11)6-10(2)9(12)7-14-5-4-13-3/h8,11H,4-7H2,1-3H3. The quantitative estimate of drug-likeness (QED) is 0.624. The van der Waals surface area contributed by atoms with Crippen LogP contribution in [0.2, 0.25) is 0 Å². The van der Waals surface area contributed by atoms with Crippen molar-refractivity contribution >= 4 is 17.7 Å². The lowest BCUT2D eigenvalue weighted by Gasteiger charge is -2.18. The Balaban J connectivity index is 3.52. The van der Waals surface area contributed by atoms with Crippen LogP contribution in [0.25, 0.3) is 0 Å². The molecule has 0 rings (SSSR count). The monoisotopic (exact) mass is 221 g/mol. The maximum atomic E-state index is 11.4. The van der Waals surface area contributed by atoms with Gasteiger partial charge >= 0.3 is 0 Å². The highest BCUT2D eigenvalue weighted by Crippen LogP contribution is 2.01. The highest BCUT2D eigenvalue weighted by Gasteiger charge is 2.10. The average molecular weight is 221 g/mol. The van der Waals surface area contributed by atoms with Crippen molar-refractivity contribution < 1.29 is 14.6 Å². The van der Waals surface area contributed by atoms with Gasteiger partial charge in [-0.25, -0.2) is 0 Å². The number of aliphatic hydroxyl groups is 1. The molecule has 0 saturated carbocycles. The van der Waals surface area contributed by atoms with Crippen LogP contribution in [-0.2, 0) is 9.53 Å². The maximum absolute atomic E-state index is 11.4. The van der Waals surface area contributed by atoms with E-state index in [1.165, 1.54) is 0 Å². The first-order valence-corrected chi connectivity index (χ1v) is 5.72. The van der Waals surface area contributed by atoms with E-state index in [-0.39, 0.29) is 5.91 Å². The molecular weight excluding hydrogens is 202 g/mol. The Morgan fingerprint density at radius 2 is 2.29 bits per heavy atom. The van der Waals surface area contributed by atoms with Crippen LogP contribution in [0.4, 0.5) is 0 Å². The van der Waals surface area contributed by atoms with Crippen LogP contribution in [0.3, 0.4) is 0 Å². The minimum absolute atomic E-state index is 0.0482. The Kier molecular flexibility index (Phi) is 7.93. The zero-order chi connectivity index (χ0) is 11.0. The van der Waals surface area contributed by atoms with Crippen molar-refractivity contribution in [1.82, 2.24) is 4.90 Å². The molecule has 0 aromatic heterocycles. The fourth-order valence-corrected chi connectivity index (χ4v) is 1.73. The van der Waals surface area contributed by atoms with Gasteiger partial charge in [0.2, 0.25) is 5.91 Å². The third-order valence-corrected chi connectivity index (χ3v) is 2.53. The molecule has 1 amide bonds. The van der Waals surface area contributed by atoms with Crippen LogP contribution in [0.5, 0.6) is 0 Å². The Labute approximate surface area is 89.6 Å². The fraction of sp³-hybridized carbons (Fsp3) is 0.889. The fourth-order valence-electron chi connectivity index (χ4n) is 0.910. The number of nitrogens with zero attached hydrogens (tertiary/aromatic N) is 1. The first-order valence-electron chi connectivity index (χ1n) is 4.56. The van der Waals surface area contributed by atoms with Crippen LogP contribution in [0.15, 0.2) is 0 Å². The number of carbonyl (C=O) groups is 1. The third-order valence-electron chi connectivity index (χ3n) is 1.62. The number of carbonyl (C=O) groups excluding carboxylic acids is 1. The number of likely N-dealkylation sites (N-methyl/N-ethyl adjacent to an activating group) is 1. The lowest BCUT2D eigenvalue weighted by atomic mass is 10.4. The Hall–Kier alpha value is -0.260. The molecule has 0 aromatic carbocycles. The van der Waals surface area contributed by atoms with E-state index < -0.39 is 6.10 Å². The maximum Gasteiger partial charge on any atom is 0.232 e. The second kappa shape index (κ2) is 8.08. The number of rotatable bonds is 7. The summed E-state index contributed by atoms with van der Waals surface area (Å²) in [5.74, 6) is 1.32. The molecule has 1 unspecified atom stereocenters. The molecule has 4 nitrogen and oxygen atoms in total. The first-order chi connectivity index (χ1) is 6.57. The zero-order valence-corrected chi connectivity index (χ0v) is 9.84. The first kappa shape index (κ1) is 13.7. The third kappa shape index (κ3) is 7.17. The van der Waals surface area contributed by atoms with E-state index in [1.54, 1.807) is 37.7 Å². The van der Waals surface area contributed by atoms with Crippen molar-refractivity contribution in [3.05, 3.63) is 0 Å². The summed E-state index contributed by atoms with van der Waals surface area (Å²) in [5.41, 5.74) is 0. The van der Waals surface area contributed by atoms with Gasteiger partial charge in [-0.1, -0.05) is 0 Å². The predicted molar refractivity (Wildman–Crippen MR) is 58.5 cm³/mol. The SMILES string of the molecule is COCCSCC(=O)N(C)CC(C)O. The van der Waals surface area contributed by atoms with Crippen molar-refractivity contribution in [3.8, 4) is 0 Å². The molecule has 0 fully saturated rings. The number of methoxy groups -OCH3 is 1. The van der Waals surface area contributed by atoms with Gasteiger partial charge < -0.3 is 14.7 Å². The smallest absolute Gasteiger partial charge is 0.232 e. The van der Waals surface area contributed by atoms with Crippen LogP contribution in [-0.4, -0.2) is 60.8 Å². The largest absolute Gasteiger partial charge is 0.392 e. The normalized spacial score (nSPS) is 12.6. The van der Waals surface area contributed by atoms with Gasteiger partial charge in [-0.15, -0.1) is 11.8 Å². The molecule has 1 atom stereocenters. The van der Waals surface area contributed by atoms with E-state index in [4.69, 9.17) is 9.84 Å². The number of ether oxygens (including phenoxy) is 1. The average Bonchev–Trinajstić information content (AvgIpc) is 2.11. The van der Waals surface area contributed by atoms with Crippen LogP contribution in [0.1, 0.15) is 6.92 Å². The van der Waals surface area contributed by atoms with Crippen molar-refractivity contribution in [3.63, 3.8) is 0 Å². The molecule has 0 aliphatic rings. The van der Waals surface area contributed by atoms with Gasteiger partial charge in [-0.2, -0.15) is 0 Å². The lowest BCUT2D eigenvalue weighted by Crippen LogP contribution is -2.34. The molecule has 1 N–H and O–H groups in total. The Bertz CT molecular complexity index is 164. The number of aliphatic hydroxyl groups excluding tert-OH is 1. The lowest BCUT2D eigenvalue weighted by molar-refractivity contribution is -0.128. The summed E-state index contributed by atoms with van der Waals surface area (Å²) in [7, 11) is 3.34. The predicted octanol–water partition coefficient (Wildman–Crippen LogP) is 0.205. The van der Waals surface area contributed by atoms with Gasteiger partial charge in [0.1, 0.15) is 0 Å². The summed E-state index contributed by atoms with van der Waals surface area (Å²) in [4.78, 5) is 12.9. The molecule has 0 saturated heterocycles. The van der Waals surface area contributed by atoms with Gasteiger partial charge in [0.05, 0.1) is 18.5 Å². The van der Waals surface area contributed by atoms with E-state index >= 15 is 0 Å². The highest BCUT2D eigenvalue weighted by molar-refractivity contribution is 7.99. The molecule has 5 heteroatoms. The van der Waals surface area contributed by atoms with E-state index in [9.17, 15) is 4.79 Å². The summed E-state index contributed by atoms with van der Waals surface area (Å²) in [6.07, 6.45) is -0.465. The van der Waals surface area contributed by atoms with Crippen molar-refractivity contribution in [2.24, 2.45) is 0 Å². The number of thioether (sulfide) groups is 1. The van der Waals surface area contributed by atoms with Crippen LogP contribution < -0.4 is 0 Å². The van der Waals surface area contributed by atoms with Gasteiger partial charge in [-0.3, -0.25) is 4.79 Å². The molecule has 14 heavy (non-hydrogen) atoms. The van der Waals surface area contributed by atoms with Gasteiger partial charge in [0.15, 0.2) is 0 Å². The van der Waals surface area contributed by atoms with E-state index in [2.05, 4.69) is 0 Å². The minimum Gasteiger partial charge on any atom is -0.392 e. The molecule has 0 bridgehead atoms. The van der Waals surface area contributed by atoms with Crippen molar-refractivity contribution in [2.45, 2.75) is 13.0 Å². The van der Waals surface area contributed by atoms with E-state index in [1.807, 2.05) is 0 Å². The molecule has 0 aliphatic carbocycles. The van der Waals surface area contributed by atoms with Crippen molar-refractivity contribution in [2.75, 3.05) is 38.8 Å². The zero-order valence-electron chi connectivity index (χ0n) is 9.02. The summed E-state index contributed by atoms with van der Waals surface area (Å²) in [6.45, 7) is 2.73. The topological polar surface area (TPSA) is 49.8 Å². The van der Waals surface area contributed by atoms with Crippen molar-refractivity contribution in [1.29, 1.82) is 0 Å². The molecule has 0 aliphatic heterocycles. The summed E-state index contributed by atoms with van der Waals surface area (Å²) in [5, 5.41) is 9.06. The second-order valence-electron chi connectivity index (χ2n) is 3.17. The second-order valence-corrected chi connectivity index (χ2v) is 4.27. The van der Waals surface area contributed by atoms with Gasteiger partial charge in [-0.05, 0) is 6.92 Å². The molecule has 84 valence electrons. The highest BCUT2D eigenvalue weighted by atomic mass is 32.2.